The average Bonchev–Trinajstić information content (AvgIpc) is 2.63. The van der Waals surface area contributed by atoms with Gasteiger partial charge in [-0.15, -0.1) is 0 Å². The van der Waals surface area contributed by atoms with Gasteiger partial charge in [0, 0.05) is 12.2 Å². The highest BCUT2D eigenvalue weighted by molar-refractivity contribution is 5.84. The Morgan fingerprint density at radius 1 is 1.33 bits per heavy atom. The van der Waals surface area contributed by atoms with Gasteiger partial charge in [0.25, 0.3) is 0 Å². The van der Waals surface area contributed by atoms with Gasteiger partial charge in [0.05, 0.1) is 17.2 Å². The molecular formula is C14H14F3N3O. The number of halogens is 3. The van der Waals surface area contributed by atoms with Crippen LogP contribution in [0.15, 0.2) is 18.2 Å². The van der Waals surface area contributed by atoms with E-state index in [0.29, 0.717) is 13.0 Å². The summed E-state index contributed by atoms with van der Waals surface area (Å²) in [6.07, 6.45) is -2.37. The number of hydrogen-bond acceptors (Lipinski definition) is 3. The highest BCUT2D eigenvalue weighted by Gasteiger charge is 2.34. The van der Waals surface area contributed by atoms with E-state index < -0.39 is 23.3 Å². The molecular weight excluding hydrogens is 283 g/mol. The Labute approximate surface area is 119 Å². The predicted octanol–water partition coefficient (Wildman–Crippen LogP) is 2.66. The summed E-state index contributed by atoms with van der Waals surface area (Å²) in [5, 5.41) is 14.3. The second-order valence-corrected chi connectivity index (χ2v) is 4.85. The number of carbonyl (C=O) groups excluding carboxylic acids is 1. The van der Waals surface area contributed by atoms with Crippen LogP contribution in [0.1, 0.15) is 30.4 Å². The molecule has 21 heavy (non-hydrogen) atoms. The minimum absolute atomic E-state index is 0.184. The quantitative estimate of drug-likeness (QED) is 0.882. The molecule has 4 nitrogen and oxygen atoms in total. The second kappa shape index (κ2) is 6.04. The maximum Gasteiger partial charge on any atom is 0.417 e. The lowest BCUT2D eigenvalue weighted by molar-refractivity contribution is -0.137. The molecule has 0 radical (unpaired) electrons. The fourth-order valence-electron chi connectivity index (χ4n) is 2.24. The van der Waals surface area contributed by atoms with Crippen molar-refractivity contribution >= 4 is 11.6 Å². The third kappa shape index (κ3) is 3.66. The molecule has 0 spiro atoms. The first-order chi connectivity index (χ1) is 9.91. The van der Waals surface area contributed by atoms with E-state index in [9.17, 15) is 18.0 Å². The molecule has 1 aromatic rings. The summed E-state index contributed by atoms with van der Waals surface area (Å²) in [6, 6.07) is 4.33. The molecule has 1 fully saturated rings. The third-order valence-electron chi connectivity index (χ3n) is 3.32. The Morgan fingerprint density at radius 3 is 2.76 bits per heavy atom. The van der Waals surface area contributed by atoms with Crippen LogP contribution in [0.4, 0.5) is 18.9 Å². The van der Waals surface area contributed by atoms with Crippen LogP contribution in [0.3, 0.4) is 0 Å². The number of nitrogens with zero attached hydrogens (tertiary/aromatic N) is 1. The first-order valence-electron chi connectivity index (χ1n) is 6.57. The fourth-order valence-corrected chi connectivity index (χ4v) is 2.24. The first-order valence-corrected chi connectivity index (χ1v) is 6.57. The Morgan fingerprint density at radius 2 is 2.10 bits per heavy atom. The number of alkyl halides is 3. The predicted molar refractivity (Wildman–Crippen MR) is 70.4 cm³/mol. The van der Waals surface area contributed by atoms with Gasteiger partial charge in [-0.2, -0.15) is 18.4 Å². The van der Waals surface area contributed by atoms with Crippen molar-refractivity contribution in [3.05, 3.63) is 29.3 Å². The molecule has 1 aliphatic rings. The lowest BCUT2D eigenvalue weighted by atomic mass is 10.1. The average molecular weight is 297 g/mol. The highest BCUT2D eigenvalue weighted by Crippen LogP contribution is 2.33. The Kier molecular flexibility index (Phi) is 4.36. The number of nitriles is 1. The molecule has 1 heterocycles. The zero-order chi connectivity index (χ0) is 15.5. The van der Waals surface area contributed by atoms with Gasteiger partial charge in [-0.25, -0.2) is 0 Å². The van der Waals surface area contributed by atoms with Gasteiger partial charge in [0.2, 0.25) is 5.91 Å². The van der Waals surface area contributed by atoms with Crippen molar-refractivity contribution in [3.63, 3.8) is 0 Å². The van der Waals surface area contributed by atoms with Gasteiger partial charge >= 0.3 is 6.18 Å². The van der Waals surface area contributed by atoms with Gasteiger partial charge in [-0.1, -0.05) is 0 Å². The number of amides is 1. The van der Waals surface area contributed by atoms with Crippen LogP contribution in [0.5, 0.6) is 0 Å². The molecule has 0 bridgehead atoms. The molecule has 1 aliphatic heterocycles. The molecule has 112 valence electrons. The van der Waals surface area contributed by atoms with Crippen LogP contribution < -0.4 is 10.6 Å². The fraction of sp³-hybridized carbons (Fsp3) is 0.429. The van der Waals surface area contributed by atoms with Crippen molar-refractivity contribution in [2.24, 2.45) is 0 Å². The Bertz CT molecular complexity index is 578. The smallest absolute Gasteiger partial charge is 0.374 e. The van der Waals surface area contributed by atoms with Gasteiger partial charge < -0.3 is 10.6 Å². The van der Waals surface area contributed by atoms with E-state index in [4.69, 9.17) is 5.26 Å². The standard InChI is InChI=1S/C14H14F3N3O/c15-14(16,17)11-7-10(5-4-9(11)8-18)20-12-3-1-2-6-19-13(12)21/h4-5,7,12,20H,1-3,6H2,(H,19,21). The van der Waals surface area contributed by atoms with E-state index in [-0.39, 0.29) is 11.6 Å². The van der Waals surface area contributed by atoms with Gasteiger partial charge in [-0.3, -0.25) is 4.79 Å². The molecule has 7 heteroatoms. The van der Waals surface area contributed by atoms with Gasteiger partial charge in [-0.05, 0) is 37.5 Å². The summed E-state index contributed by atoms with van der Waals surface area (Å²) < 4.78 is 38.6. The number of hydrogen-bond donors (Lipinski definition) is 2. The summed E-state index contributed by atoms with van der Waals surface area (Å²) in [5.74, 6) is -0.217. The summed E-state index contributed by atoms with van der Waals surface area (Å²) >= 11 is 0. The lowest BCUT2D eigenvalue weighted by Crippen LogP contribution is -2.37. The van der Waals surface area contributed by atoms with E-state index in [1.54, 1.807) is 0 Å². The van der Waals surface area contributed by atoms with E-state index in [1.807, 2.05) is 0 Å². The molecule has 1 amide bonds. The van der Waals surface area contributed by atoms with E-state index in [0.717, 1.165) is 25.0 Å². The molecule has 1 aromatic carbocycles. The minimum atomic E-state index is -4.60. The van der Waals surface area contributed by atoms with Gasteiger partial charge in [0.1, 0.15) is 6.04 Å². The normalized spacial score (nSPS) is 19.3. The minimum Gasteiger partial charge on any atom is -0.374 e. The number of rotatable bonds is 2. The zero-order valence-corrected chi connectivity index (χ0v) is 11.1. The molecule has 0 aromatic heterocycles. The van der Waals surface area contributed by atoms with Crippen molar-refractivity contribution in [1.29, 1.82) is 5.26 Å². The van der Waals surface area contributed by atoms with E-state index in [1.165, 1.54) is 12.1 Å². The molecule has 1 unspecified atom stereocenters. The molecule has 2 N–H and O–H groups in total. The zero-order valence-electron chi connectivity index (χ0n) is 11.1. The highest BCUT2D eigenvalue weighted by atomic mass is 19.4. The first kappa shape index (κ1) is 15.2. The largest absolute Gasteiger partial charge is 0.417 e. The van der Waals surface area contributed by atoms with E-state index >= 15 is 0 Å². The Hall–Kier alpha value is -2.23. The topological polar surface area (TPSA) is 64.9 Å². The number of nitrogens with one attached hydrogen (secondary N) is 2. The molecule has 0 saturated carbocycles. The summed E-state index contributed by atoms with van der Waals surface area (Å²) in [5.41, 5.74) is -1.24. The van der Waals surface area contributed by atoms with Crippen LogP contribution in [0.25, 0.3) is 0 Å². The van der Waals surface area contributed by atoms with Crippen LogP contribution in [-0.2, 0) is 11.0 Å². The van der Waals surface area contributed by atoms with Crippen molar-refractivity contribution in [1.82, 2.24) is 5.32 Å². The van der Waals surface area contributed by atoms with Crippen LogP contribution in [0.2, 0.25) is 0 Å². The molecule has 1 saturated heterocycles. The van der Waals surface area contributed by atoms with Crippen LogP contribution in [0, 0.1) is 11.3 Å². The summed E-state index contributed by atoms with van der Waals surface area (Å²) in [6.45, 7) is 0.582. The SMILES string of the molecule is N#Cc1ccc(NC2CCCCNC2=O)cc1C(F)(F)F. The van der Waals surface area contributed by atoms with Crippen molar-refractivity contribution in [3.8, 4) is 6.07 Å². The molecule has 2 rings (SSSR count). The number of benzene rings is 1. The molecule has 0 aliphatic carbocycles. The summed E-state index contributed by atoms with van der Waals surface area (Å²) in [7, 11) is 0. The third-order valence-corrected chi connectivity index (χ3v) is 3.32. The van der Waals surface area contributed by atoms with Crippen molar-refractivity contribution in [2.75, 3.05) is 11.9 Å². The van der Waals surface area contributed by atoms with Gasteiger partial charge in [0.15, 0.2) is 0 Å². The van der Waals surface area contributed by atoms with Crippen LogP contribution in [-0.4, -0.2) is 18.5 Å². The second-order valence-electron chi connectivity index (χ2n) is 4.85. The molecule has 1 atom stereocenters. The van der Waals surface area contributed by atoms with Crippen LogP contribution >= 0.6 is 0 Å². The number of carbonyl (C=O) groups is 1. The number of anilines is 1. The maximum absolute atomic E-state index is 12.9. The lowest BCUT2D eigenvalue weighted by Gasteiger charge is -2.18. The van der Waals surface area contributed by atoms with Crippen molar-refractivity contribution < 1.29 is 18.0 Å². The monoisotopic (exact) mass is 297 g/mol. The summed E-state index contributed by atoms with van der Waals surface area (Å²) in [4.78, 5) is 11.8. The van der Waals surface area contributed by atoms with E-state index in [2.05, 4.69) is 10.6 Å². The van der Waals surface area contributed by atoms with Crippen molar-refractivity contribution in [2.45, 2.75) is 31.5 Å². The maximum atomic E-state index is 12.9. The Balaban J connectivity index is 2.25.